The van der Waals surface area contributed by atoms with Crippen molar-refractivity contribution in [2.24, 2.45) is 0 Å². The lowest BCUT2D eigenvalue weighted by atomic mass is 10.0. The van der Waals surface area contributed by atoms with Crippen molar-refractivity contribution < 1.29 is 0 Å². The van der Waals surface area contributed by atoms with Gasteiger partial charge in [0.25, 0.3) is 0 Å². The van der Waals surface area contributed by atoms with Gasteiger partial charge in [0, 0.05) is 31.9 Å². The van der Waals surface area contributed by atoms with E-state index in [-0.39, 0.29) is 0 Å². The van der Waals surface area contributed by atoms with Gasteiger partial charge in [-0.3, -0.25) is 0 Å². The van der Waals surface area contributed by atoms with Crippen molar-refractivity contribution in [2.45, 2.75) is 25.8 Å². The first-order valence-electron chi connectivity index (χ1n) is 8.29. The van der Waals surface area contributed by atoms with Gasteiger partial charge in [-0.05, 0) is 37.5 Å². The minimum absolute atomic E-state index is 0.505. The predicted molar refractivity (Wildman–Crippen MR) is 95.4 cm³/mol. The van der Waals surface area contributed by atoms with Crippen LogP contribution < -0.4 is 10.2 Å². The van der Waals surface area contributed by atoms with Crippen LogP contribution in [0, 0.1) is 0 Å². The Morgan fingerprint density at radius 3 is 2.91 bits per heavy atom. The Morgan fingerprint density at radius 2 is 2.13 bits per heavy atom. The van der Waals surface area contributed by atoms with Crippen molar-refractivity contribution in [3.05, 3.63) is 59.8 Å². The van der Waals surface area contributed by atoms with Crippen LogP contribution in [0.25, 0.3) is 6.08 Å². The number of hydrogen-bond acceptors (Lipinski definition) is 4. The van der Waals surface area contributed by atoms with Crippen LogP contribution in [0.1, 0.15) is 25.3 Å². The van der Waals surface area contributed by atoms with E-state index in [0.717, 1.165) is 25.5 Å². The standard InChI is InChI=1S/C19H24N4/c1-16(13-17-7-3-2-4-8-17)14-20-18-9-6-12-23(15-18)19-10-5-11-21-22-19/h2-5,7-8,10-11,13,18,20H,6,9,12,14-15H2,1H3/b16-13+/t18-/m0/s1. The van der Waals surface area contributed by atoms with Gasteiger partial charge in [0.1, 0.15) is 0 Å². The summed E-state index contributed by atoms with van der Waals surface area (Å²) in [5, 5.41) is 11.9. The van der Waals surface area contributed by atoms with Gasteiger partial charge >= 0.3 is 0 Å². The summed E-state index contributed by atoms with van der Waals surface area (Å²) >= 11 is 0. The maximum Gasteiger partial charge on any atom is 0.151 e. The Balaban J connectivity index is 1.53. The second-order valence-corrected chi connectivity index (χ2v) is 6.15. The summed E-state index contributed by atoms with van der Waals surface area (Å²) in [6.07, 6.45) is 6.38. The summed E-state index contributed by atoms with van der Waals surface area (Å²) in [6.45, 7) is 5.17. The quantitative estimate of drug-likeness (QED) is 0.921. The van der Waals surface area contributed by atoms with Gasteiger partial charge in [0.2, 0.25) is 0 Å². The molecule has 2 aromatic rings. The number of benzene rings is 1. The molecule has 1 aliphatic rings. The second-order valence-electron chi connectivity index (χ2n) is 6.15. The highest BCUT2D eigenvalue weighted by Crippen LogP contribution is 2.17. The molecule has 0 bridgehead atoms. The monoisotopic (exact) mass is 308 g/mol. The summed E-state index contributed by atoms with van der Waals surface area (Å²) in [4.78, 5) is 2.32. The molecule has 0 aliphatic carbocycles. The molecular weight excluding hydrogens is 284 g/mol. The molecule has 120 valence electrons. The zero-order valence-electron chi connectivity index (χ0n) is 13.7. The maximum atomic E-state index is 4.22. The number of nitrogens with one attached hydrogen (secondary N) is 1. The fraction of sp³-hybridized carbons (Fsp3) is 0.368. The van der Waals surface area contributed by atoms with E-state index in [1.807, 2.05) is 18.2 Å². The SMILES string of the molecule is C/C(=C\c1ccccc1)CN[C@H]1CCCN(c2cccnn2)C1. The molecule has 4 heteroatoms. The molecule has 0 radical (unpaired) electrons. The van der Waals surface area contributed by atoms with Crippen LogP contribution in [0.4, 0.5) is 5.82 Å². The van der Waals surface area contributed by atoms with Crippen LogP contribution in [0.5, 0.6) is 0 Å². The van der Waals surface area contributed by atoms with Crippen molar-refractivity contribution in [3.63, 3.8) is 0 Å². The Hall–Kier alpha value is -2.20. The zero-order valence-corrected chi connectivity index (χ0v) is 13.7. The fourth-order valence-electron chi connectivity index (χ4n) is 3.00. The summed E-state index contributed by atoms with van der Waals surface area (Å²) in [5.41, 5.74) is 2.62. The first-order valence-corrected chi connectivity index (χ1v) is 8.29. The topological polar surface area (TPSA) is 41.0 Å². The molecule has 0 saturated carbocycles. The van der Waals surface area contributed by atoms with Crippen molar-refractivity contribution in [1.29, 1.82) is 0 Å². The zero-order chi connectivity index (χ0) is 15.9. The third-order valence-corrected chi connectivity index (χ3v) is 4.19. The lowest BCUT2D eigenvalue weighted by molar-refractivity contribution is 0.432. The molecule has 1 aliphatic heterocycles. The molecule has 0 unspecified atom stereocenters. The van der Waals surface area contributed by atoms with Crippen molar-refractivity contribution in [2.75, 3.05) is 24.5 Å². The molecule has 1 aromatic heterocycles. The van der Waals surface area contributed by atoms with E-state index in [4.69, 9.17) is 0 Å². The molecule has 1 saturated heterocycles. The lowest BCUT2D eigenvalue weighted by Gasteiger charge is -2.33. The highest BCUT2D eigenvalue weighted by atomic mass is 15.3. The van der Waals surface area contributed by atoms with Crippen LogP contribution in [-0.2, 0) is 0 Å². The fourth-order valence-corrected chi connectivity index (χ4v) is 3.00. The average molecular weight is 308 g/mol. The van der Waals surface area contributed by atoms with E-state index < -0.39 is 0 Å². The summed E-state index contributed by atoms with van der Waals surface area (Å²) in [7, 11) is 0. The van der Waals surface area contributed by atoms with Crippen molar-refractivity contribution in [3.8, 4) is 0 Å². The van der Waals surface area contributed by atoms with E-state index in [1.54, 1.807) is 6.20 Å². The van der Waals surface area contributed by atoms with Gasteiger partial charge in [-0.1, -0.05) is 42.0 Å². The number of nitrogens with zero attached hydrogens (tertiary/aromatic N) is 3. The van der Waals surface area contributed by atoms with Crippen LogP contribution >= 0.6 is 0 Å². The molecule has 1 fully saturated rings. The summed E-state index contributed by atoms with van der Waals surface area (Å²) < 4.78 is 0. The predicted octanol–water partition coefficient (Wildman–Crippen LogP) is 3.14. The molecule has 0 spiro atoms. The summed E-state index contributed by atoms with van der Waals surface area (Å²) in [6, 6.07) is 15.0. The third kappa shape index (κ3) is 4.63. The van der Waals surface area contributed by atoms with Gasteiger partial charge in [0.05, 0.1) is 0 Å². The molecule has 3 rings (SSSR count). The molecule has 4 nitrogen and oxygen atoms in total. The first kappa shape index (κ1) is 15.7. The Labute approximate surface area is 138 Å². The Bertz CT molecular complexity index is 624. The molecule has 2 heterocycles. The average Bonchev–Trinajstić information content (AvgIpc) is 2.62. The number of rotatable bonds is 5. The number of piperidine rings is 1. The Morgan fingerprint density at radius 1 is 1.26 bits per heavy atom. The van der Waals surface area contributed by atoms with Gasteiger partial charge in [0.15, 0.2) is 5.82 Å². The van der Waals surface area contributed by atoms with Gasteiger partial charge < -0.3 is 10.2 Å². The van der Waals surface area contributed by atoms with Crippen LogP contribution in [0.3, 0.4) is 0 Å². The molecule has 1 atom stereocenters. The number of anilines is 1. The normalized spacial score (nSPS) is 18.9. The lowest BCUT2D eigenvalue weighted by Crippen LogP contribution is -2.46. The summed E-state index contributed by atoms with van der Waals surface area (Å²) in [5.74, 6) is 0.982. The van der Waals surface area contributed by atoms with Crippen LogP contribution in [0.15, 0.2) is 54.2 Å². The number of hydrogen-bond donors (Lipinski definition) is 1. The Kier molecular flexibility index (Phi) is 5.37. The van der Waals surface area contributed by atoms with Crippen LogP contribution in [-0.4, -0.2) is 35.9 Å². The van der Waals surface area contributed by atoms with Crippen molar-refractivity contribution >= 4 is 11.9 Å². The third-order valence-electron chi connectivity index (χ3n) is 4.19. The van der Waals surface area contributed by atoms with Crippen LogP contribution in [0.2, 0.25) is 0 Å². The second kappa shape index (κ2) is 7.88. The van der Waals surface area contributed by atoms with E-state index in [0.29, 0.717) is 6.04 Å². The largest absolute Gasteiger partial charge is 0.354 e. The molecule has 0 amide bonds. The van der Waals surface area contributed by atoms with Gasteiger partial charge in [-0.2, -0.15) is 5.10 Å². The molecule has 23 heavy (non-hydrogen) atoms. The minimum atomic E-state index is 0.505. The highest BCUT2D eigenvalue weighted by molar-refractivity contribution is 5.52. The van der Waals surface area contributed by atoms with E-state index in [9.17, 15) is 0 Å². The van der Waals surface area contributed by atoms with Gasteiger partial charge in [-0.25, -0.2) is 0 Å². The van der Waals surface area contributed by atoms with Crippen molar-refractivity contribution in [1.82, 2.24) is 15.5 Å². The highest BCUT2D eigenvalue weighted by Gasteiger charge is 2.20. The number of aromatic nitrogens is 2. The molecular formula is C19H24N4. The smallest absolute Gasteiger partial charge is 0.151 e. The molecule has 1 N–H and O–H groups in total. The first-order chi connectivity index (χ1) is 11.3. The van der Waals surface area contributed by atoms with E-state index in [1.165, 1.54) is 24.0 Å². The van der Waals surface area contributed by atoms with E-state index >= 15 is 0 Å². The van der Waals surface area contributed by atoms with E-state index in [2.05, 4.69) is 57.7 Å². The molecule has 1 aromatic carbocycles. The maximum absolute atomic E-state index is 4.22. The minimum Gasteiger partial charge on any atom is -0.354 e. The van der Waals surface area contributed by atoms with Gasteiger partial charge in [-0.15, -0.1) is 5.10 Å².